The summed E-state index contributed by atoms with van der Waals surface area (Å²) in [5, 5.41) is 8.32. The molecule has 0 aromatic rings. The van der Waals surface area contributed by atoms with Gasteiger partial charge in [-0.05, 0) is 6.42 Å². The molecule has 4 heteroatoms. The van der Waals surface area contributed by atoms with Crippen LogP contribution in [0.4, 0.5) is 0 Å². The predicted octanol–water partition coefficient (Wildman–Crippen LogP) is 1.82. The van der Waals surface area contributed by atoms with E-state index < -0.39 is 5.97 Å². The highest BCUT2D eigenvalue weighted by molar-refractivity contribution is 5.91. The third-order valence-electron chi connectivity index (χ3n) is 1.73. The van der Waals surface area contributed by atoms with Gasteiger partial charge in [0, 0.05) is 6.61 Å². The Morgan fingerprint density at radius 2 is 2.07 bits per heavy atom. The summed E-state index contributed by atoms with van der Waals surface area (Å²) in [7, 11) is 0. The molecule has 0 spiro atoms. The van der Waals surface area contributed by atoms with Gasteiger partial charge in [0.05, 0.1) is 6.61 Å². The standard InChI is InChI=1S/C11H17NO3/c1-3-4-5-6-14-7-8-15-11(13)10(2)9-12/h2-8H2,1H3. The highest BCUT2D eigenvalue weighted by atomic mass is 16.6. The minimum Gasteiger partial charge on any atom is -0.459 e. The van der Waals surface area contributed by atoms with E-state index in [1.165, 1.54) is 0 Å². The van der Waals surface area contributed by atoms with E-state index in [0.29, 0.717) is 13.2 Å². The second-order valence-electron chi connectivity index (χ2n) is 3.05. The van der Waals surface area contributed by atoms with E-state index in [2.05, 4.69) is 13.5 Å². The second-order valence-corrected chi connectivity index (χ2v) is 3.05. The predicted molar refractivity (Wildman–Crippen MR) is 56.1 cm³/mol. The fourth-order valence-electron chi connectivity index (χ4n) is 0.882. The molecule has 0 unspecified atom stereocenters. The maximum absolute atomic E-state index is 10.9. The van der Waals surface area contributed by atoms with Crippen LogP contribution in [0, 0.1) is 11.3 Å². The van der Waals surface area contributed by atoms with Gasteiger partial charge in [0.2, 0.25) is 0 Å². The van der Waals surface area contributed by atoms with Gasteiger partial charge in [-0.3, -0.25) is 0 Å². The number of nitriles is 1. The Hall–Kier alpha value is -1.34. The molecule has 0 aliphatic carbocycles. The van der Waals surface area contributed by atoms with Crippen LogP contribution in [0.5, 0.6) is 0 Å². The molecular weight excluding hydrogens is 194 g/mol. The van der Waals surface area contributed by atoms with E-state index >= 15 is 0 Å². The summed E-state index contributed by atoms with van der Waals surface area (Å²) >= 11 is 0. The monoisotopic (exact) mass is 211 g/mol. The van der Waals surface area contributed by atoms with E-state index in [9.17, 15) is 4.79 Å². The van der Waals surface area contributed by atoms with Gasteiger partial charge in [-0.2, -0.15) is 5.26 Å². The number of ether oxygens (including phenoxy) is 2. The van der Waals surface area contributed by atoms with Crippen molar-refractivity contribution in [1.82, 2.24) is 0 Å². The van der Waals surface area contributed by atoms with Gasteiger partial charge in [-0.25, -0.2) is 4.79 Å². The number of hydrogen-bond donors (Lipinski definition) is 0. The van der Waals surface area contributed by atoms with Crippen molar-refractivity contribution in [2.24, 2.45) is 0 Å². The third kappa shape index (κ3) is 7.71. The third-order valence-corrected chi connectivity index (χ3v) is 1.73. The molecule has 0 N–H and O–H groups in total. The largest absolute Gasteiger partial charge is 0.459 e. The molecule has 0 aromatic heterocycles. The molecule has 0 aliphatic heterocycles. The number of unbranched alkanes of at least 4 members (excludes halogenated alkanes) is 2. The lowest BCUT2D eigenvalue weighted by atomic mass is 10.3. The van der Waals surface area contributed by atoms with Gasteiger partial charge >= 0.3 is 5.97 Å². The molecule has 0 aliphatic rings. The first-order valence-corrected chi connectivity index (χ1v) is 5.06. The maximum Gasteiger partial charge on any atom is 0.348 e. The molecule has 15 heavy (non-hydrogen) atoms. The minimum atomic E-state index is -0.672. The summed E-state index contributed by atoms with van der Waals surface area (Å²) in [4.78, 5) is 10.9. The molecular formula is C11H17NO3. The van der Waals surface area contributed by atoms with Crippen molar-refractivity contribution in [3.05, 3.63) is 12.2 Å². The summed E-state index contributed by atoms with van der Waals surface area (Å²) in [5.41, 5.74) is -0.180. The van der Waals surface area contributed by atoms with Crippen molar-refractivity contribution < 1.29 is 14.3 Å². The summed E-state index contributed by atoms with van der Waals surface area (Å²) < 4.78 is 9.92. The summed E-state index contributed by atoms with van der Waals surface area (Å²) in [6, 6.07) is 1.62. The van der Waals surface area contributed by atoms with Gasteiger partial charge in [-0.1, -0.05) is 26.3 Å². The van der Waals surface area contributed by atoms with Crippen molar-refractivity contribution in [3.63, 3.8) is 0 Å². The average Bonchev–Trinajstić information content (AvgIpc) is 2.26. The number of rotatable bonds is 8. The number of esters is 1. The van der Waals surface area contributed by atoms with Gasteiger partial charge < -0.3 is 9.47 Å². The summed E-state index contributed by atoms with van der Waals surface area (Å²) in [5.74, 6) is -0.672. The van der Waals surface area contributed by atoms with Crippen LogP contribution < -0.4 is 0 Å². The van der Waals surface area contributed by atoms with Crippen LogP contribution in [0.3, 0.4) is 0 Å². The number of carbonyl (C=O) groups is 1. The summed E-state index contributed by atoms with van der Waals surface area (Å²) in [6.07, 6.45) is 3.32. The Kier molecular flexibility index (Phi) is 8.40. The molecule has 0 bridgehead atoms. The molecule has 0 saturated heterocycles. The van der Waals surface area contributed by atoms with Gasteiger partial charge in [-0.15, -0.1) is 0 Å². The number of nitrogens with zero attached hydrogens (tertiary/aromatic N) is 1. The molecule has 0 radical (unpaired) electrons. The second kappa shape index (κ2) is 9.22. The SMILES string of the molecule is C=C(C#N)C(=O)OCCOCCCCC. The van der Waals surface area contributed by atoms with Crippen LogP contribution in [-0.4, -0.2) is 25.8 Å². The quantitative estimate of drug-likeness (QED) is 0.266. The van der Waals surface area contributed by atoms with E-state index in [-0.39, 0.29) is 12.2 Å². The Labute approximate surface area is 90.5 Å². The molecule has 0 saturated carbocycles. The maximum atomic E-state index is 10.9. The molecule has 0 fully saturated rings. The highest BCUT2D eigenvalue weighted by Gasteiger charge is 2.06. The number of carbonyl (C=O) groups excluding carboxylic acids is 1. The van der Waals surface area contributed by atoms with Crippen LogP contribution in [-0.2, 0) is 14.3 Å². The first kappa shape index (κ1) is 13.7. The van der Waals surface area contributed by atoms with Gasteiger partial charge in [0.15, 0.2) is 0 Å². The molecule has 0 amide bonds. The zero-order chi connectivity index (χ0) is 11.5. The molecule has 4 nitrogen and oxygen atoms in total. The lowest BCUT2D eigenvalue weighted by Crippen LogP contribution is -2.11. The van der Waals surface area contributed by atoms with Gasteiger partial charge in [0.1, 0.15) is 18.2 Å². The molecule has 0 heterocycles. The number of hydrogen-bond acceptors (Lipinski definition) is 4. The van der Waals surface area contributed by atoms with Crippen LogP contribution in [0.25, 0.3) is 0 Å². The smallest absolute Gasteiger partial charge is 0.348 e. The first-order valence-electron chi connectivity index (χ1n) is 5.06. The van der Waals surface area contributed by atoms with E-state index in [1.54, 1.807) is 6.07 Å². The zero-order valence-corrected chi connectivity index (χ0v) is 9.12. The van der Waals surface area contributed by atoms with E-state index in [1.807, 2.05) is 0 Å². The topological polar surface area (TPSA) is 59.3 Å². The first-order chi connectivity index (χ1) is 7.22. The van der Waals surface area contributed by atoms with Crippen molar-refractivity contribution in [2.45, 2.75) is 26.2 Å². The van der Waals surface area contributed by atoms with E-state index in [4.69, 9.17) is 14.7 Å². The Morgan fingerprint density at radius 3 is 2.67 bits per heavy atom. The lowest BCUT2D eigenvalue weighted by molar-refractivity contribution is -0.140. The van der Waals surface area contributed by atoms with Crippen LogP contribution in [0.2, 0.25) is 0 Å². The van der Waals surface area contributed by atoms with Crippen molar-refractivity contribution in [3.8, 4) is 6.07 Å². The molecule has 0 atom stereocenters. The highest BCUT2D eigenvalue weighted by Crippen LogP contribution is 1.95. The normalized spacial score (nSPS) is 9.33. The minimum absolute atomic E-state index is 0.172. The van der Waals surface area contributed by atoms with Crippen molar-refractivity contribution in [1.29, 1.82) is 5.26 Å². The van der Waals surface area contributed by atoms with Crippen LogP contribution in [0.1, 0.15) is 26.2 Å². The van der Waals surface area contributed by atoms with Crippen molar-refractivity contribution >= 4 is 5.97 Å². The fraction of sp³-hybridized carbons (Fsp3) is 0.636. The van der Waals surface area contributed by atoms with Crippen molar-refractivity contribution in [2.75, 3.05) is 19.8 Å². The summed E-state index contributed by atoms with van der Waals surface area (Å²) in [6.45, 7) is 6.58. The van der Waals surface area contributed by atoms with Crippen LogP contribution in [0.15, 0.2) is 12.2 Å². The Morgan fingerprint density at radius 1 is 1.33 bits per heavy atom. The molecule has 84 valence electrons. The van der Waals surface area contributed by atoms with Gasteiger partial charge in [0.25, 0.3) is 0 Å². The van der Waals surface area contributed by atoms with Crippen LogP contribution >= 0.6 is 0 Å². The lowest BCUT2D eigenvalue weighted by Gasteiger charge is -2.04. The molecule has 0 rings (SSSR count). The van der Waals surface area contributed by atoms with E-state index in [0.717, 1.165) is 19.3 Å². The Balaban J connectivity index is 3.28. The zero-order valence-electron chi connectivity index (χ0n) is 9.12. The average molecular weight is 211 g/mol. The molecule has 0 aromatic carbocycles. The Bertz CT molecular complexity index is 243. The fourth-order valence-corrected chi connectivity index (χ4v) is 0.882.